The molecule has 8 heteroatoms. The van der Waals surface area contributed by atoms with Crippen molar-refractivity contribution in [3.63, 3.8) is 0 Å². The number of carbonyl (C=O) groups is 3. The maximum atomic E-state index is 12.8. The SMILES string of the molecule is CC1CN(C(=O)c2ccc(Cl)c(N3CCNC3=O)c2)CCC1C(=O)O. The molecule has 2 heterocycles. The molecule has 0 saturated carbocycles. The predicted molar refractivity (Wildman–Crippen MR) is 93.0 cm³/mol. The van der Waals surface area contributed by atoms with Crippen molar-refractivity contribution in [1.29, 1.82) is 0 Å². The zero-order valence-corrected chi connectivity index (χ0v) is 14.6. The number of rotatable bonds is 3. The predicted octanol–water partition coefficient (Wildman–Crippen LogP) is 2.05. The van der Waals surface area contributed by atoms with Crippen LogP contribution >= 0.6 is 11.6 Å². The van der Waals surface area contributed by atoms with Gasteiger partial charge in [0.1, 0.15) is 0 Å². The third kappa shape index (κ3) is 3.42. The molecule has 1 aromatic rings. The molecule has 2 unspecified atom stereocenters. The first kappa shape index (κ1) is 17.5. The van der Waals surface area contributed by atoms with Crippen LogP contribution in [-0.4, -0.2) is 54.1 Å². The fraction of sp³-hybridized carbons (Fsp3) is 0.471. The van der Waals surface area contributed by atoms with Gasteiger partial charge in [0.25, 0.3) is 5.91 Å². The van der Waals surface area contributed by atoms with Crippen LogP contribution in [0.5, 0.6) is 0 Å². The zero-order valence-electron chi connectivity index (χ0n) is 13.9. The Hall–Kier alpha value is -2.28. The summed E-state index contributed by atoms with van der Waals surface area (Å²) in [7, 11) is 0. The average molecular weight is 366 g/mol. The molecule has 0 radical (unpaired) electrons. The molecule has 0 spiro atoms. The fourth-order valence-electron chi connectivity index (χ4n) is 3.43. The van der Waals surface area contributed by atoms with Gasteiger partial charge in [-0.3, -0.25) is 14.5 Å². The number of likely N-dealkylation sites (tertiary alicyclic amines) is 1. The molecule has 0 aromatic heterocycles. The van der Waals surface area contributed by atoms with E-state index in [9.17, 15) is 19.5 Å². The van der Waals surface area contributed by atoms with Crippen LogP contribution in [0.25, 0.3) is 0 Å². The Bertz CT molecular complexity index is 724. The third-order valence-electron chi connectivity index (χ3n) is 4.85. The van der Waals surface area contributed by atoms with E-state index >= 15 is 0 Å². The number of piperidine rings is 1. The van der Waals surface area contributed by atoms with Crippen LogP contribution in [0, 0.1) is 11.8 Å². The number of hydrogen-bond donors (Lipinski definition) is 2. The van der Waals surface area contributed by atoms with Gasteiger partial charge in [0.2, 0.25) is 0 Å². The Kier molecular flexibility index (Phi) is 4.85. The number of nitrogens with zero attached hydrogens (tertiary/aromatic N) is 2. The number of nitrogens with one attached hydrogen (secondary N) is 1. The van der Waals surface area contributed by atoms with Crippen molar-refractivity contribution in [3.05, 3.63) is 28.8 Å². The summed E-state index contributed by atoms with van der Waals surface area (Å²) in [6.07, 6.45) is 0.442. The summed E-state index contributed by atoms with van der Waals surface area (Å²) in [5.74, 6) is -1.51. The molecular weight excluding hydrogens is 346 g/mol. The fourth-order valence-corrected chi connectivity index (χ4v) is 3.65. The Morgan fingerprint density at radius 1 is 1.32 bits per heavy atom. The van der Waals surface area contributed by atoms with Crippen molar-refractivity contribution in [3.8, 4) is 0 Å². The van der Waals surface area contributed by atoms with E-state index in [1.807, 2.05) is 6.92 Å². The summed E-state index contributed by atoms with van der Waals surface area (Å²) in [5.41, 5.74) is 0.955. The minimum atomic E-state index is -0.812. The lowest BCUT2D eigenvalue weighted by molar-refractivity contribution is -0.145. The van der Waals surface area contributed by atoms with Crippen molar-refractivity contribution >= 4 is 35.2 Å². The average Bonchev–Trinajstić information content (AvgIpc) is 3.00. The molecular formula is C17H20ClN3O4. The molecule has 1 aromatic carbocycles. The van der Waals surface area contributed by atoms with Crippen LogP contribution in [0.1, 0.15) is 23.7 Å². The van der Waals surface area contributed by atoms with E-state index in [2.05, 4.69) is 5.32 Å². The van der Waals surface area contributed by atoms with Gasteiger partial charge < -0.3 is 15.3 Å². The van der Waals surface area contributed by atoms with Gasteiger partial charge in [-0.2, -0.15) is 0 Å². The van der Waals surface area contributed by atoms with Crippen molar-refractivity contribution in [2.24, 2.45) is 11.8 Å². The zero-order chi connectivity index (χ0) is 18.1. The number of anilines is 1. The van der Waals surface area contributed by atoms with Gasteiger partial charge in [-0.05, 0) is 30.5 Å². The molecule has 2 N–H and O–H groups in total. The highest BCUT2D eigenvalue weighted by atomic mass is 35.5. The van der Waals surface area contributed by atoms with E-state index in [0.29, 0.717) is 48.9 Å². The first-order valence-corrected chi connectivity index (χ1v) is 8.63. The first-order valence-electron chi connectivity index (χ1n) is 8.25. The van der Waals surface area contributed by atoms with E-state index in [1.165, 1.54) is 4.90 Å². The van der Waals surface area contributed by atoms with Crippen molar-refractivity contribution in [2.75, 3.05) is 31.1 Å². The summed E-state index contributed by atoms with van der Waals surface area (Å²) in [6, 6.07) is 4.64. The van der Waals surface area contributed by atoms with E-state index in [1.54, 1.807) is 23.1 Å². The molecule has 134 valence electrons. The minimum absolute atomic E-state index is 0.105. The van der Waals surface area contributed by atoms with Gasteiger partial charge in [-0.25, -0.2) is 4.79 Å². The van der Waals surface area contributed by atoms with E-state index in [-0.39, 0.29) is 17.9 Å². The monoisotopic (exact) mass is 365 g/mol. The highest BCUT2D eigenvalue weighted by Gasteiger charge is 2.33. The molecule has 25 heavy (non-hydrogen) atoms. The summed E-state index contributed by atoms with van der Waals surface area (Å²) in [5, 5.41) is 12.3. The number of urea groups is 1. The van der Waals surface area contributed by atoms with E-state index in [4.69, 9.17) is 11.6 Å². The van der Waals surface area contributed by atoms with Crippen LogP contribution < -0.4 is 10.2 Å². The molecule has 2 aliphatic rings. The normalized spacial score (nSPS) is 23.5. The molecule has 3 amide bonds. The van der Waals surface area contributed by atoms with Crippen molar-refractivity contribution in [1.82, 2.24) is 10.2 Å². The molecule has 0 bridgehead atoms. The Labute approximate surface area is 150 Å². The second kappa shape index (κ2) is 6.92. The maximum Gasteiger partial charge on any atom is 0.322 e. The second-order valence-corrected chi connectivity index (χ2v) is 6.92. The third-order valence-corrected chi connectivity index (χ3v) is 5.17. The van der Waals surface area contributed by atoms with Gasteiger partial charge >= 0.3 is 12.0 Å². The summed E-state index contributed by atoms with van der Waals surface area (Å²) in [6.45, 7) is 3.69. The Balaban J connectivity index is 1.79. The highest BCUT2D eigenvalue weighted by Crippen LogP contribution is 2.30. The molecule has 2 aliphatic heterocycles. The molecule has 0 aliphatic carbocycles. The van der Waals surface area contributed by atoms with Crippen molar-refractivity contribution in [2.45, 2.75) is 13.3 Å². The van der Waals surface area contributed by atoms with Crippen LogP contribution in [0.15, 0.2) is 18.2 Å². The largest absolute Gasteiger partial charge is 0.481 e. The number of carboxylic acids is 1. The Morgan fingerprint density at radius 3 is 2.68 bits per heavy atom. The molecule has 2 saturated heterocycles. The van der Waals surface area contributed by atoms with Crippen LogP contribution in [0.4, 0.5) is 10.5 Å². The number of hydrogen-bond acceptors (Lipinski definition) is 3. The molecule has 2 atom stereocenters. The number of aliphatic carboxylic acids is 1. The topological polar surface area (TPSA) is 90.0 Å². The number of amides is 3. The Morgan fingerprint density at radius 2 is 2.08 bits per heavy atom. The van der Waals surface area contributed by atoms with Gasteiger partial charge in [0, 0.05) is 31.7 Å². The standard InChI is InChI=1S/C17H20ClN3O4/c1-10-9-20(6-4-12(10)16(23)24)15(22)11-2-3-13(18)14(8-11)21-7-5-19-17(21)25/h2-3,8,10,12H,4-7,9H2,1H3,(H,19,25)(H,23,24). The second-order valence-electron chi connectivity index (χ2n) is 6.51. The van der Waals surface area contributed by atoms with Gasteiger partial charge in [-0.1, -0.05) is 18.5 Å². The number of carbonyl (C=O) groups excluding carboxylic acids is 2. The summed E-state index contributed by atoms with van der Waals surface area (Å²) >= 11 is 6.20. The van der Waals surface area contributed by atoms with Crippen LogP contribution in [0.3, 0.4) is 0 Å². The lowest BCUT2D eigenvalue weighted by atomic mass is 9.87. The number of carboxylic acid groups (broad SMARTS) is 1. The van der Waals surface area contributed by atoms with E-state index in [0.717, 1.165) is 0 Å². The van der Waals surface area contributed by atoms with Crippen LogP contribution in [-0.2, 0) is 4.79 Å². The summed E-state index contributed by atoms with van der Waals surface area (Å²) < 4.78 is 0. The van der Waals surface area contributed by atoms with Crippen LogP contribution in [0.2, 0.25) is 5.02 Å². The van der Waals surface area contributed by atoms with Gasteiger partial charge in [0.15, 0.2) is 0 Å². The first-order chi connectivity index (χ1) is 11.9. The maximum absolute atomic E-state index is 12.8. The quantitative estimate of drug-likeness (QED) is 0.857. The number of halogens is 1. The van der Waals surface area contributed by atoms with E-state index < -0.39 is 11.9 Å². The lowest BCUT2D eigenvalue weighted by Crippen LogP contribution is -2.45. The molecule has 2 fully saturated rings. The smallest absolute Gasteiger partial charge is 0.322 e. The molecule has 3 rings (SSSR count). The number of benzene rings is 1. The van der Waals surface area contributed by atoms with Gasteiger partial charge in [-0.15, -0.1) is 0 Å². The lowest BCUT2D eigenvalue weighted by Gasteiger charge is -2.35. The summed E-state index contributed by atoms with van der Waals surface area (Å²) in [4.78, 5) is 39.0. The molecule has 7 nitrogen and oxygen atoms in total. The van der Waals surface area contributed by atoms with Crippen molar-refractivity contribution < 1.29 is 19.5 Å². The van der Waals surface area contributed by atoms with Gasteiger partial charge in [0.05, 0.1) is 16.6 Å². The minimum Gasteiger partial charge on any atom is -0.481 e. The highest BCUT2D eigenvalue weighted by molar-refractivity contribution is 6.34.